The molecule has 1 aliphatic rings. The van der Waals surface area contributed by atoms with E-state index >= 15 is 0 Å². The van der Waals surface area contributed by atoms with Gasteiger partial charge in [-0.15, -0.1) is 0 Å². The Hall–Kier alpha value is -1.53. The summed E-state index contributed by atoms with van der Waals surface area (Å²) < 4.78 is 0. The minimum atomic E-state index is -0.396. The van der Waals surface area contributed by atoms with Crippen LogP contribution < -0.4 is 0 Å². The van der Waals surface area contributed by atoms with Gasteiger partial charge in [-0.1, -0.05) is 18.2 Å². The molecular formula is C11H10N2S. The van der Waals surface area contributed by atoms with Gasteiger partial charge in [0.2, 0.25) is 0 Å². The molecule has 1 unspecified atom stereocenters. The van der Waals surface area contributed by atoms with Crippen LogP contribution in [0, 0.1) is 11.3 Å². The second-order valence-corrected chi connectivity index (χ2v) is 4.76. The fourth-order valence-electron chi connectivity index (χ4n) is 1.28. The molecule has 0 bridgehead atoms. The number of benzene rings is 1. The summed E-state index contributed by atoms with van der Waals surface area (Å²) in [7, 11) is -0.396. The quantitative estimate of drug-likeness (QED) is 0.735. The van der Waals surface area contributed by atoms with E-state index in [1.54, 1.807) is 0 Å². The van der Waals surface area contributed by atoms with Gasteiger partial charge in [-0.25, -0.2) is 0 Å². The normalized spacial score (nSPS) is 21.6. The van der Waals surface area contributed by atoms with Crippen LogP contribution in [0.1, 0.15) is 6.42 Å². The summed E-state index contributed by atoms with van der Waals surface area (Å²) >= 11 is 0. The molecule has 1 atom stereocenters. The van der Waals surface area contributed by atoms with Gasteiger partial charge in [-0.05, 0) is 22.4 Å². The molecule has 14 heavy (non-hydrogen) atoms. The molecule has 1 heterocycles. The maximum Gasteiger partial charge on any atom is 0.0779 e. The van der Waals surface area contributed by atoms with Crippen LogP contribution in [0.4, 0.5) is 0 Å². The predicted octanol–water partition coefficient (Wildman–Crippen LogP) is 2.84. The van der Waals surface area contributed by atoms with E-state index in [0.29, 0.717) is 6.42 Å². The number of rotatable bonds is 2. The topological polar surface area (TPSA) is 36.1 Å². The van der Waals surface area contributed by atoms with Gasteiger partial charge in [-0.2, -0.15) is 16.2 Å². The molecule has 0 saturated heterocycles. The smallest absolute Gasteiger partial charge is 0.0779 e. The van der Waals surface area contributed by atoms with Crippen LogP contribution in [0.15, 0.2) is 51.3 Å². The lowest BCUT2D eigenvalue weighted by molar-refractivity contribution is 1.19. The highest BCUT2D eigenvalue weighted by molar-refractivity contribution is 8.31. The molecule has 1 aromatic rings. The molecule has 3 heteroatoms. The summed E-state index contributed by atoms with van der Waals surface area (Å²) in [4.78, 5) is 5.52. The first kappa shape index (κ1) is 9.04. The molecule has 0 radical (unpaired) electrons. The van der Waals surface area contributed by atoms with Gasteiger partial charge in [0.25, 0.3) is 0 Å². The van der Waals surface area contributed by atoms with Crippen molar-refractivity contribution in [2.24, 2.45) is 4.99 Å². The Morgan fingerprint density at radius 3 is 2.79 bits per heavy atom. The van der Waals surface area contributed by atoms with Crippen molar-refractivity contribution in [1.29, 1.82) is 5.26 Å². The molecule has 1 aliphatic heterocycles. The lowest BCUT2D eigenvalue weighted by atomic mass is 10.4. The van der Waals surface area contributed by atoms with Gasteiger partial charge in [0.15, 0.2) is 0 Å². The van der Waals surface area contributed by atoms with Gasteiger partial charge >= 0.3 is 0 Å². The number of hydrogen-bond donors (Lipinski definition) is 1. The van der Waals surface area contributed by atoms with E-state index in [4.69, 9.17) is 5.26 Å². The number of nitrogens with zero attached hydrogens (tertiary/aromatic N) is 2. The first-order valence-electron chi connectivity index (χ1n) is 4.35. The Balaban J connectivity index is 2.18. The maximum atomic E-state index is 8.53. The minimum absolute atomic E-state index is 0.396. The van der Waals surface area contributed by atoms with E-state index in [9.17, 15) is 0 Å². The number of nitriles is 1. The summed E-state index contributed by atoms with van der Waals surface area (Å²) in [5.74, 6) is 0. The molecule has 70 valence electrons. The summed E-state index contributed by atoms with van der Waals surface area (Å²) in [6.07, 6.45) is 0.419. The maximum absolute atomic E-state index is 8.53. The van der Waals surface area contributed by atoms with Gasteiger partial charge in [-0.3, -0.25) is 4.99 Å². The van der Waals surface area contributed by atoms with Crippen LogP contribution in [0.3, 0.4) is 0 Å². The first-order valence-corrected chi connectivity index (χ1v) is 5.83. The highest BCUT2D eigenvalue weighted by Gasteiger charge is 2.08. The number of allylic oxidation sites excluding steroid dienone is 1. The lowest BCUT2D eigenvalue weighted by Gasteiger charge is -2.07. The van der Waals surface area contributed by atoms with Crippen molar-refractivity contribution in [2.45, 2.75) is 11.3 Å². The fourth-order valence-corrected chi connectivity index (χ4v) is 2.89. The molecule has 0 saturated carbocycles. The first-order chi connectivity index (χ1) is 6.90. The van der Waals surface area contributed by atoms with E-state index in [-0.39, 0.29) is 0 Å². The molecule has 0 N–H and O–H groups in total. The van der Waals surface area contributed by atoms with Gasteiger partial charge in [0, 0.05) is 5.55 Å². The third-order valence-electron chi connectivity index (χ3n) is 1.95. The van der Waals surface area contributed by atoms with Crippen molar-refractivity contribution in [3.8, 4) is 6.07 Å². The Labute approximate surface area is 85.9 Å². The molecule has 2 nitrogen and oxygen atoms in total. The van der Waals surface area contributed by atoms with E-state index in [0.717, 1.165) is 5.70 Å². The Bertz CT molecular complexity index is 415. The Morgan fingerprint density at radius 2 is 2.07 bits per heavy atom. The average molecular weight is 202 g/mol. The van der Waals surface area contributed by atoms with Crippen molar-refractivity contribution < 1.29 is 0 Å². The molecule has 0 aliphatic carbocycles. The van der Waals surface area contributed by atoms with Gasteiger partial charge in [0.05, 0.1) is 18.2 Å². The van der Waals surface area contributed by atoms with Crippen molar-refractivity contribution in [1.82, 2.24) is 0 Å². The second-order valence-electron chi connectivity index (χ2n) is 2.94. The molecule has 1 aromatic carbocycles. The van der Waals surface area contributed by atoms with E-state index in [1.807, 2.05) is 23.7 Å². The Kier molecular flexibility index (Phi) is 2.66. The largest absolute Gasteiger partial charge is 0.254 e. The molecule has 0 aromatic heterocycles. The third kappa shape index (κ3) is 1.86. The fraction of sp³-hybridized carbons (Fsp3) is 0.0909. The summed E-state index contributed by atoms with van der Waals surface area (Å²) in [5.41, 5.74) is 2.86. The highest BCUT2D eigenvalue weighted by Crippen LogP contribution is 2.40. The SMILES string of the molecule is N#CCC1=C[SH](c2ccccc2)C=N1. The van der Waals surface area contributed by atoms with Crippen LogP contribution in [-0.4, -0.2) is 5.55 Å². The Morgan fingerprint density at radius 1 is 1.29 bits per heavy atom. The standard InChI is InChI=1S/C11H10N2S/c12-7-6-10-8-14(9-13-10)11-4-2-1-3-5-11/h1-5,8-9,14H,6H2. The average Bonchev–Trinajstić information content (AvgIpc) is 2.68. The van der Waals surface area contributed by atoms with Crippen LogP contribution in [0.5, 0.6) is 0 Å². The lowest BCUT2D eigenvalue weighted by Crippen LogP contribution is -1.75. The number of hydrogen-bond acceptors (Lipinski definition) is 2. The van der Waals surface area contributed by atoms with Crippen molar-refractivity contribution in [3.63, 3.8) is 0 Å². The number of thiol groups is 1. The van der Waals surface area contributed by atoms with Crippen molar-refractivity contribution in [2.75, 3.05) is 0 Å². The third-order valence-corrected chi connectivity index (χ3v) is 3.79. The highest BCUT2D eigenvalue weighted by atomic mass is 32.2. The summed E-state index contributed by atoms with van der Waals surface area (Å²) in [6.45, 7) is 0. The van der Waals surface area contributed by atoms with Crippen molar-refractivity contribution >= 4 is 16.4 Å². The van der Waals surface area contributed by atoms with E-state index in [2.05, 4.69) is 28.6 Å². The zero-order valence-electron chi connectivity index (χ0n) is 7.59. The molecule has 0 amide bonds. The molecular weight excluding hydrogens is 192 g/mol. The van der Waals surface area contributed by atoms with Crippen LogP contribution >= 0.6 is 10.9 Å². The second kappa shape index (κ2) is 4.12. The van der Waals surface area contributed by atoms with Gasteiger partial charge in [0.1, 0.15) is 0 Å². The van der Waals surface area contributed by atoms with Crippen LogP contribution in [0.2, 0.25) is 0 Å². The number of aliphatic imine (C=N–C) groups is 1. The van der Waals surface area contributed by atoms with Crippen LogP contribution in [0.25, 0.3) is 0 Å². The molecule has 0 fully saturated rings. The van der Waals surface area contributed by atoms with Crippen LogP contribution in [-0.2, 0) is 0 Å². The predicted molar refractivity (Wildman–Crippen MR) is 60.5 cm³/mol. The monoisotopic (exact) mass is 202 g/mol. The molecule has 0 spiro atoms. The summed E-state index contributed by atoms with van der Waals surface area (Å²) in [5, 5.41) is 10.6. The van der Waals surface area contributed by atoms with E-state index in [1.165, 1.54) is 4.90 Å². The van der Waals surface area contributed by atoms with Gasteiger partial charge < -0.3 is 0 Å². The zero-order valence-corrected chi connectivity index (χ0v) is 8.48. The zero-order chi connectivity index (χ0) is 9.80. The summed E-state index contributed by atoms with van der Waals surface area (Å²) in [6, 6.07) is 12.4. The molecule has 2 rings (SSSR count). The van der Waals surface area contributed by atoms with Crippen molar-refractivity contribution in [3.05, 3.63) is 41.4 Å². The van der Waals surface area contributed by atoms with E-state index < -0.39 is 10.9 Å². The minimum Gasteiger partial charge on any atom is -0.254 e.